The molecule has 0 radical (unpaired) electrons. The van der Waals surface area contributed by atoms with Gasteiger partial charge in [0.05, 0.1) is 4.92 Å². The maximum Gasteiger partial charge on any atom is 0.311 e. The third-order valence-electron chi connectivity index (χ3n) is 3.11. The summed E-state index contributed by atoms with van der Waals surface area (Å²) in [6, 6.07) is 14.2. The van der Waals surface area contributed by atoms with E-state index in [-0.39, 0.29) is 18.0 Å². The maximum atomic E-state index is 11.7. The third kappa shape index (κ3) is 5.91. The maximum absolute atomic E-state index is 11.7. The molecule has 25 heavy (non-hydrogen) atoms. The summed E-state index contributed by atoms with van der Waals surface area (Å²) in [6.07, 6.45) is 4.95. The highest BCUT2D eigenvalue weighted by Gasteiger charge is 2.16. The molecule has 0 heterocycles. The van der Waals surface area contributed by atoms with Gasteiger partial charge in [-0.1, -0.05) is 42.5 Å². The van der Waals surface area contributed by atoms with Gasteiger partial charge < -0.3 is 4.74 Å². The lowest BCUT2D eigenvalue weighted by molar-refractivity contribution is -0.385. The lowest BCUT2D eigenvalue weighted by Crippen LogP contribution is -2.24. The molecule has 1 amide bonds. The van der Waals surface area contributed by atoms with Crippen LogP contribution in [0.5, 0.6) is 5.75 Å². The Balaban J connectivity index is 1.82. The van der Waals surface area contributed by atoms with Gasteiger partial charge in [0, 0.05) is 12.3 Å². The first-order valence-corrected chi connectivity index (χ1v) is 7.48. The molecule has 0 aromatic heterocycles. The van der Waals surface area contributed by atoms with Gasteiger partial charge in [0.2, 0.25) is 0 Å². The van der Waals surface area contributed by atoms with Crippen molar-refractivity contribution in [3.05, 3.63) is 75.8 Å². The van der Waals surface area contributed by atoms with Gasteiger partial charge in [-0.25, -0.2) is 5.43 Å². The van der Waals surface area contributed by atoms with Crippen LogP contribution in [-0.2, 0) is 4.79 Å². The van der Waals surface area contributed by atoms with E-state index in [9.17, 15) is 14.9 Å². The summed E-state index contributed by atoms with van der Waals surface area (Å²) in [7, 11) is 0. The second-order valence-corrected chi connectivity index (χ2v) is 5.10. The molecule has 0 saturated carbocycles. The van der Waals surface area contributed by atoms with E-state index >= 15 is 0 Å². The topological polar surface area (TPSA) is 93.8 Å². The molecule has 0 spiro atoms. The molecule has 0 aliphatic carbocycles. The summed E-state index contributed by atoms with van der Waals surface area (Å²) in [6.45, 7) is 1.37. The molecule has 0 bridgehead atoms. The van der Waals surface area contributed by atoms with Crippen molar-refractivity contribution in [2.75, 3.05) is 6.61 Å². The molecule has 0 fully saturated rings. The highest BCUT2D eigenvalue weighted by molar-refractivity contribution is 5.82. The number of carbonyl (C=O) groups excluding carboxylic acids is 1. The summed E-state index contributed by atoms with van der Waals surface area (Å²) in [5, 5.41) is 14.7. The lowest BCUT2D eigenvalue weighted by atomic mass is 10.2. The fraction of sp³-hybridized carbons (Fsp3) is 0.111. The van der Waals surface area contributed by atoms with E-state index in [2.05, 4.69) is 10.5 Å². The van der Waals surface area contributed by atoms with Crippen molar-refractivity contribution in [1.82, 2.24) is 5.43 Å². The number of nitro groups is 1. The quantitative estimate of drug-likeness (QED) is 0.476. The average molecular weight is 339 g/mol. The Bertz CT molecular complexity index is 801. The minimum Gasteiger partial charge on any atom is -0.477 e. The smallest absolute Gasteiger partial charge is 0.311 e. The molecule has 1 N–H and O–H groups in total. The Kier molecular flexibility index (Phi) is 6.41. The molecule has 7 heteroatoms. The first-order chi connectivity index (χ1) is 12.1. The van der Waals surface area contributed by atoms with Gasteiger partial charge in [0.25, 0.3) is 5.91 Å². The van der Waals surface area contributed by atoms with E-state index in [1.54, 1.807) is 19.1 Å². The molecule has 0 atom stereocenters. The summed E-state index contributed by atoms with van der Waals surface area (Å²) < 4.78 is 5.20. The number of carbonyl (C=O) groups is 1. The standard InChI is InChI=1S/C18H17N3O4/c1-14-9-10-17(16(12-14)21(23)24)25-13-18(22)20-19-11-5-8-15-6-3-2-4-7-15/h2-12H,13H2,1H3,(H,20,22)/b8-5+,19-11+. The number of amides is 1. The van der Waals surface area contributed by atoms with Crippen LogP contribution in [-0.4, -0.2) is 23.7 Å². The first-order valence-electron chi connectivity index (χ1n) is 7.48. The number of ether oxygens (including phenoxy) is 1. The second-order valence-electron chi connectivity index (χ2n) is 5.10. The zero-order valence-corrected chi connectivity index (χ0v) is 13.6. The number of benzene rings is 2. The molecule has 2 aromatic carbocycles. The fourth-order valence-corrected chi connectivity index (χ4v) is 1.94. The highest BCUT2D eigenvalue weighted by Crippen LogP contribution is 2.27. The Morgan fingerprint density at radius 2 is 2.04 bits per heavy atom. The molecule has 0 aliphatic heterocycles. The van der Waals surface area contributed by atoms with Crippen LogP contribution in [0.2, 0.25) is 0 Å². The van der Waals surface area contributed by atoms with Gasteiger partial charge in [-0.3, -0.25) is 14.9 Å². The van der Waals surface area contributed by atoms with Crippen molar-refractivity contribution in [2.45, 2.75) is 6.92 Å². The number of hydrogen-bond donors (Lipinski definition) is 1. The average Bonchev–Trinajstić information content (AvgIpc) is 2.61. The van der Waals surface area contributed by atoms with E-state index in [4.69, 9.17) is 4.74 Å². The normalized spacial score (nSPS) is 10.9. The first kappa shape index (κ1) is 17.9. The predicted molar refractivity (Wildman–Crippen MR) is 95.4 cm³/mol. The van der Waals surface area contributed by atoms with Crippen molar-refractivity contribution in [3.63, 3.8) is 0 Å². The number of hydrogen-bond acceptors (Lipinski definition) is 5. The largest absolute Gasteiger partial charge is 0.477 e. The Morgan fingerprint density at radius 1 is 1.28 bits per heavy atom. The van der Waals surface area contributed by atoms with Crippen molar-refractivity contribution in [2.24, 2.45) is 5.10 Å². The summed E-state index contributed by atoms with van der Waals surface area (Å²) in [5.74, 6) is -0.474. The summed E-state index contributed by atoms with van der Waals surface area (Å²) in [4.78, 5) is 22.1. The zero-order valence-electron chi connectivity index (χ0n) is 13.6. The number of rotatable bonds is 7. The number of nitrogens with zero attached hydrogens (tertiary/aromatic N) is 2. The van der Waals surface area contributed by atoms with Crippen LogP contribution >= 0.6 is 0 Å². The van der Waals surface area contributed by atoms with Crippen molar-refractivity contribution < 1.29 is 14.5 Å². The van der Waals surface area contributed by atoms with E-state index in [0.717, 1.165) is 11.1 Å². The van der Waals surface area contributed by atoms with E-state index in [0.29, 0.717) is 0 Å². The van der Waals surface area contributed by atoms with E-state index in [1.165, 1.54) is 18.3 Å². The van der Waals surface area contributed by atoms with Gasteiger partial charge in [-0.2, -0.15) is 5.10 Å². The monoisotopic (exact) mass is 339 g/mol. The summed E-state index contributed by atoms with van der Waals surface area (Å²) >= 11 is 0. The van der Waals surface area contributed by atoms with Crippen LogP contribution < -0.4 is 10.2 Å². The molecular weight excluding hydrogens is 322 g/mol. The highest BCUT2D eigenvalue weighted by atomic mass is 16.6. The fourth-order valence-electron chi connectivity index (χ4n) is 1.94. The van der Waals surface area contributed by atoms with Crippen molar-refractivity contribution in [3.8, 4) is 5.75 Å². The molecule has 0 saturated heterocycles. The number of allylic oxidation sites excluding steroid dienone is 1. The molecular formula is C18H17N3O4. The number of aryl methyl sites for hydroxylation is 1. The van der Waals surface area contributed by atoms with Crippen LogP contribution in [0.25, 0.3) is 6.08 Å². The molecule has 2 rings (SSSR count). The van der Waals surface area contributed by atoms with Crippen LogP contribution in [0.1, 0.15) is 11.1 Å². The van der Waals surface area contributed by atoms with Crippen molar-refractivity contribution >= 4 is 23.9 Å². The Morgan fingerprint density at radius 3 is 2.76 bits per heavy atom. The van der Waals surface area contributed by atoms with Crippen LogP contribution in [0.3, 0.4) is 0 Å². The van der Waals surface area contributed by atoms with Gasteiger partial charge in [0.15, 0.2) is 12.4 Å². The number of nitro benzene ring substituents is 1. The molecule has 2 aromatic rings. The van der Waals surface area contributed by atoms with E-state index in [1.807, 2.05) is 36.4 Å². The van der Waals surface area contributed by atoms with Crippen LogP contribution in [0.4, 0.5) is 5.69 Å². The number of hydrazone groups is 1. The molecule has 128 valence electrons. The molecule has 0 unspecified atom stereocenters. The zero-order chi connectivity index (χ0) is 18.1. The van der Waals surface area contributed by atoms with Crippen LogP contribution in [0, 0.1) is 17.0 Å². The van der Waals surface area contributed by atoms with Crippen molar-refractivity contribution in [1.29, 1.82) is 0 Å². The minimum atomic E-state index is -0.549. The SMILES string of the molecule is Cc1ccc(OCC(=O)N/N=C/C=C/c2ccccc2)c([N+](=O)[O-])c1. The Labute approximate surface area is 144 Å². The summed E-state index contributed by atoms with van der Waals surface area (Å²) in [5.41, 5.74) is 3.85. The van der Waals surface area contributed by atoms with Gasteiger partial charge in [-0.05, 0) is 30.2 Å². The third-order valence-corrected chi connectivity index (χ3v) is 3.11. The molecule has 7 nitrogen and oxygen atoms in total. The molecule has 0 aliphatic rings. The minimum absolute atomic E-state index is 0.0405. The number of nitrogens with one attached hydrogen (secondary N) is 1. The van der Waals surface area contributed by atoms with Gasteiger partial charge in [-0.15, -0.1) is 0 Å². The van der Waals surface area contributed by atoms with Crippen LogP contribution in [0.15, 0.2) is 59.7 Å². The second kappa shape index (κ2) is 8.97. The van der Waals surface area contributed by atoms with E-state index < -0.39 is 10.8 Å². The van der Waals surface area contributed by atoms with Gasteiger partial charge in [0.1, 0.15) is 0 Å². The Hall–Kier alpha value is -3.48. The predicted octanol–water partition coefficient (Wildman–Crippen LogP) is 3.10. The lowest BCUT2D eigenvalue weighted by Gasteiger charge is -2.06. The van der Waals surface area contributed by atoms with Gasteiger partial charge >= 0.3 is 5.69 Å².